The van der Waals surface area contributed by atoms with Gasteiger partial charge in [0, 0.05) is 19.2 Å². The summed E-state index contributed by atoms with van der Waals surface area (Å²) in [5.41, 5.74) is 1.41. The molecule has 3 amide bonds. The monoisotopic (exact) mass is 498 g/mol. The molecule has 194 valence electrons. The van der Waals surface area contributed by atoms with Crippen LogP contribution in [0.3, 0.4) is 0 Å². The topological polar surface area (TPSA) is 144 Å². The normalized spacial score (nSPS) is 21.5. The maximum atomic E-state index is 13.2. The van der Waals surface area contributed by atoms with Crippen LogP contribution < -0.4 is 16.0 Å². The average molecular weight is 499 g/mol. The van der Waals surface area contributed by atoms with Crippen molar-refractivity contribution in [1.82, 2.24) is 30.9 Å². The van der Waals surface area contributed by atoms with Gasteiger partial charge in [0.05, 0.1) is 11.7 Å². The van der Waals surface area contributed by atoms with Gasteiger partial charge in [-0.1, -0.05) is 49.4 Å². The molecule has 11 nitrogen and oxygen atoms in total. The number of carbonyl (C=O) groups is 4. The van der Waals surface area contributed by atoms with Gasteiger partial charge in [-0.25, -0.2) is 4.79 Å². The Bertz CT molecular complexity index is 1020. The molecule has 0 fully saturated rings. The molecule has 2 aromatic rings. The Hall–Kier alpha value is -3.76. The van der Waals surface area contributed by atoms with Crippen molar-refractivity contribution in [2.24, 2.45) is 5.92 Å². The summed E-state index contributed by atoms with van der Waals surface area (Å²) in [6.45, 7) is 4.50. The zero-order chi connectivity index (χ0) is 25.9. The van der Waals surface area contributed by atoms with Crippen LogP contribution in [0.15, 0.2) is 36.5 Å². The Kier molecular flexibility index (Phi) is 9.96. The SMILES string of the molecule is CC(C)C[C@@H]1NC(=O)[C@@H](NC(=O)OCc2ccccc2)CCCCn2cc(nn2)C[C@@H](C=O)NC1=O. The van der Waals surface area contributed by atoms with E-state index in [0.717, 1.165) is 5.56 Å². The fraction of sp³-hybridized carbons (Fsp3) is 0.520. The van der Waals surface area contributed by atoms with Gasteiger partial charge in [-0.15, -0.1) is 5.10 Å². The minimum atomic E-state index is -0.894. The highest BCUT2D eigenvalue weighted by Gasteiger charge is 2.29. The van der Waals surface area contributed by atoms with Crippen LogP contribution in [0.5, 0.6) is 0 Å². The number of aryl methyl sites for hydroxylation is 1. The number of carbonyl (C=O) groups excluding carboxylic acids is 4. The Morgan fingerprint density at radius 3 is 2.69 bits per heavy atom. The number of nitrogens with zero attached hydrogens (tertiary/aromatic N) is 3. The van der Waals surface area contributed by atoms with E-state index in [9.17, 15) is 19.2 Å². The van der Waals surface area contributed by atoms with Crippen LogP contribution in [0, 0.1) is 5.92 Å². The van der Waals surface area contributed by atoms with Gasteiger partial charge >= 0.3 is 6.09 Å². The predicted molar refractivity (Wildman–Crippen MR) is 131 cm³/mol. The lowest BCUT2D eigenvalue weighted by Gasteiger charge is -2.25. The first-order chi connectivity index (χ1) is 17.3. The minimum Gasteiger partial charge on any atom is -0.445 e. The third kappa shape index (κ3) is 8.47. The van der Waals surface area contributed by atoms with Gasteiger partial charge in [0.1, 0.15) is 25.0 Å². The number of ether oxygens (including phenoxy) is 1. The van der Waals surface area contributed by atoms with Crippen LogP contribution >= 0.6 is 0 Å². The molecule has 1 aliphatic rings. The molecular weight excluding hydrogens is 464 g/mol. The van der Waals surface area contributed by atoms with Crippen LogP contribution in [0.25, 0.3) is 0 Å². The Balaban J connectivity index is 1.74. The van der Waals surface area contributed by atoms with Gasteiger partial charge in [0.2, 0.25) is 11.8 Å². The fourth-order valence-electron chi connectivity index (χ4n) is 3.96. The van der Waals surface area contributed by atoms with E-state index in [1.165, 1.54) is 0 Å². The molecule has 1 aliphatic heterocycles. The second-order valence-corrected chi connectivity index (χ2v) is 9.37. The third-order valence-corrected chi connectivity index (χ3v) is 5.80. The highest BCUT2D eigenvalue weighted by atomic mass is 16.5. The first-order valence-electron chi connectivity index (χ1n) is 12.3. The lowest BCUT2D eigenvalue weighted by molar-refractivity contribution is -0.131. The van der Waals surface area contributed by atoms with E-state index >= 15 is 0 Å². The van der Waals surface area contributed by atoms with Crippen molar-refractivity contribution in [3.63, 3.8) is 0 Å². The molecule has 0 unspecified atom stereocenters. The lowest BCUT2D eigenvalue weighted by Crippen LogP contribution is -2.55. The van der Waals surface area contributed by atoms with E-state index in [4.69, 9.17) is 4.74 Å². The van der Waals surface area contributed by atoms with E-state index in [2.05, 4.69) is 26.3 Å². The summed E-state index contributed by atoms with van der Waals surface area (Å²) >= 11 is 0. The summed E-state index contributed by atoms with van der Waals surface area (Å²) in [6, 6.07) is 6.66. The number of aromatic nitrogens is 3. The second kappa shape index (κ2) is 13.4. The number of benzene rings is 1. The molecule has 3 rings (SSSR count). The molecular formula is C25H34N6O5. The quantitative estimate of drug-likeness (QED) is 0.512. The van der Waals surface area contributed by atoms with Gasteiger partial charge in [-0.2, -0.15) is 0 Å². The van der Waals surface area contributed by atoms with Gasteiger partial charge in [0.15, 0.2) is 0 Å². The van der Waals surface area contributed by atoms with Crippen molar-refractivity contribution >= 4 is 24.2 Å². The summed E-state index contributed by atoms with van der Waals surface area (Å²) in [5, 5.41) is 16.3. The molecule has 0 spiro atoms. The predicted octanol–water partition coefficient (Wildman–Crippen LogP) is 1.51. The largest absolute Gasteiger partial charge is 0.445 e. The second-order valence-electron chi connectivity index (χ2n) is 9.37. The molecule has 11 heteroatoms. The fourth-order valence-corrected chi connectivity index (χ4v) is 3.96. The number of fused-ring (bicyclic) bond motifs is 2. The summed E-state index contributed by atoms with van der Waals surface area (Å²) in [6.07, 6.45) is 3.90. The molecule has 0 saturated heterocycles. The Morgan fingerprint density at radius 1 is 1.19 bits per heavy atom. The molecule has 2 heterocycles. The molecule has 2 bridgehead atoms. The van der Waals surface area contributed by atoms with Gasteiger partial charge in [0.25, 0.3) is 0 Å². The first kappa shape index (κ1) is 26.8. The van der Waals surface area contributed by atoms with Crippen molar-refractivity contribution in [3.8, 4) is 0 Å². The highest BCUT2D eigenvalue weighted by Crippen LogP contribution is 2.10. The lowest BCUT2D eigenvalue weighted by atomic mass is 10.0. The van der Waals surface area contributed by atoms with E-state index in [1.54, 1.807) is 10.9 Å². The highest BCUT2D eigenvalue weighted by molar-refractivity contribution is 5.92. The maximum Gasteiger partial charge on any atom is 0.408 e. The van der Waals surface area contributed by atoms with Crippen LogP contribution in [-0.2, 0) is 38.7 Å². The molecule has 3 N–H and O–H groups in total. The maximum absolute atomic E-state index is 13.2. The molecule has 3 atom stereocenters. The Labute approximate surface area is 210 Å². The van der Waals surface area contributed by atoms with Crippen molar-refractivity contribution in [1.29, 1.82) is 0 Å². The molecule has 36 heavy (non-hydrogen) atoms. The number of hydrogen-bond acceptors (Lipinski definition) is 7. The number of amides is 3. The van der Waals surface area contributed by atoms with Crippen molar-refractivity contribution in [2.45, 2.75) is 77.2 Å². The number of hydrogen-bond donors (Lipinski definition) is 3. The van der Waals surface area contributed by atoms with E-state index < -0.39 is 36.0 Å². The molecule has 0 radical (unpaired) electrons. The van der Waals surface area contributed by atoms with Crippen LogP contribution in [0.2, 0.25) is 0 Å². The number of alkyl carbamates (subject to hydrolysis) is 1. The van der Waals surface area contributed by atoms with Crippen molar-refractivity contribution in [3.05, 3.63) is 47.8 Å². The van der Waals surface area contributed by atoms with Crippen LogP contribution in [-0.4, -0.2) is 57.3 Å². The number of nitrogens with one attached hydrogen (secondary N) is 3. The first-order valence-corrected chi connectivity index (χ1v) is 12.3. The van der Waals surface area contributed by atoms with Gasteiger partial charge < -0.3 is 25.5 Å². The zero-order valence-corrected chi connectivity index (χ0v) is 20.7. The van der Waals surface area contributed by atoms with Gasteiger partial charge in [-0.05, 0) is 37.2 Å². The van der Waals surface area contributed by atoms with Gasteiger partial charge in [-0.3, -0.25) is 14.3 Å². The Morgan fingerprint density at radius 2 is 1.97 bits per heavy atom. The standard InChI is InChI=1S/C25H34N6O5/c1-17(2)12-22-24(34)26-20(15-32)13-19-14-31(30-29-19)11-7-6-10-21(23(33)27-22)28-25(35)36-16-18-8-4-3-5-9-18/h3-5,8-9,14-15,17,20-22H,6-7,10-13,16H2,1-2H3,(H,26,34)(H,27,33)(H,28,35)/t20-,21-,22-/m0/s1. The van der Waals surface area contributed by atoms with E-state index in [-0.39, 0.29) is 18.9 Å². The molecule has 0 saturated carbocycles. The van der Waals surface area contributed by atoms with Crippen molar-refractivity contribution < 1.29 is 23.9 Å². The summed E-state index contributed by atoms with van der Waals surface area (Å²) in [4.78, 5) is 50.3. The molecule has 0 aliphatic carbocycles. The summed E-state index contributed by atoms with van der Waals surface area (Å²) in [5.74, 6) is -0.853. The smallest absolute Gasteiger partial charge is 0.408 e. The van der Waals surface area contributed by atoms with Crippen molar-refractivity contribution in [2.75, 3.05) is 0 Å². The van der Waals surface area contributed by atoms with Crippen LogP contribution in [0.1, 0.15) is 50.8 Å². The average Bonchev–Trinajstić information content (AvgIpc) is 3.30. The van der Waals surface area contributed by atoms with E-state index in [0.29, 0.717) is 44.2 Å². The summed E-state index contributed by atoms with van der Waals surface area (Å²) < 4.78 is 6.96. The summed E-state index contributed by atoms with van der Waals surface area (Å²) in [7, 11) is 0. The zero-order valence-electron chi connectivity index (χ0n) is 20.7. The minimum absolute atomic E-state index is 0.0705. The molecule has 1 aromatic carbocycles. The number of aldehydes is 1. The number of rotatable bonds is 6. The third-order valence-electron chi connectivity index (χ3n) is 5.80. The molecule has 1 aromatic heterocycles. The van der Waals surface area contributed by atoms with Crippen LogP contribution in [0.4, 0.5) is 4.79 Å². The van der Waals surface area contributed by atoms with E-state index in [1.807, 2.05) is 44.2 Å².